The molecule has 7 nitrogen and oxygen atoms in total. The highest BCUT2D eigenvalue weighted by Gasteiger charge is 2.04. The summed E-state index contributed by atoms with van der Waals surface area (Å²) in [6, 6.07) is 29.1. The number of rotatable bonds is 7. The second kappa shape index (κ2) is 13.2. The topological polar surface area (TPSA) is 102 Å². The molecule has 4 aromatic rings. The zero-order valence-corrected chi connectivity index (χ0v) is 19.8. The molecule has 1 heterocycles. The van der Waals surface area contributed by atoms with Gasteiger partial charge in [-0.3, -0.25) is 0 Å². The van der Waals surface area contributed by atoms with Crippen LogP contribution in [0.25, 0.3) is 11.1 Å². The van der Waals surface area contributed by atoms with E-state index in [0.717, 1.165) is 34.4 Å². The van der Waals surface area contributed by atoms with Crippen LogP contribution in [0.3, 0.4) is 0 Å². The van der Waals surface area contributed by atoms with E-state index >= 15 is 0 Å². The Labute approximate surface area is 205 Å². The second-order valence-electron chi connectivity index (χ2n) is 7.41. The first-order valence-corrected chi connectivity index (χ1v) is 11.1. The molecule has 4 rings (SSSR count). The highest BCUT2D eigenvalue weighted by molar-refractivity contribution is 5.95. The summed E-state index contributed by atoms with van der Waals surface area (Å²) in [7, 11) is 3.50. The van der Waals surface area contributed by atoms with Crippen LogP contribution in [0.2, 0.25) is 0 Å². The third-order valence-corrected chi connectivity index (χ3v) is 5.02. The van der Waals surface area contributed by atoms with Gasteiger partial charge in [0.15, 0.2) is 11.8 Å². The fourth-order valence-corrected chi connectivity index (χ4v) is 3.20. The third kappa shape index (κ3) is 7.71. The normalized spacial score (nSPS) is 10.5. The molecule has 0 atom stereocenters. The van der Waals surface area contributed by atoms with E-state index in [4.69, 9.17) is 10.5 Å². The van der Waals surface area contributed by atoms with Crippen LogP contribution in [0, 0.1) is 0 Å². The molecule has 0 amide bonds. The number of nitrogens with one attached hydrogen (secondary N) is 2. The summed E-state index contributed by atoms with van der Waals surface area (Å²) in [5, 5.41) is 6.13. The molecule has 0 unspecified atom stereocenters. The lowest BCUT2D eigenvalue weighted by atomic mass is 10.1. The van der Waals surface area contributed by atoms with E-state index in [1.807, 2.05) is 98.0 Å². The fraction of sp³-hybridized carbons (Fsp3) is 0.107. The van der Waals surface area contributed by atoms with Crippen molar-refractivity contribution in [3.8, 4) is 16.9 Å². The number of carbonyl (C=O) groups excluding carboxylic acids is 1. The molecule has 0 bridgehead atoms. The Morgan fingerprint density at radius 1 is 0.943 bits per heavy atom. The molecule has 35 heavy (non-hydrogen) atoms. The van der Waals surface area contributed by atoms with Gasteiger partial charge in [0.25, 0.3) is 0 Å². The number of methoxy groups -OCH3 is 1. The van der Waals surface area contributed by atoms with Crippen molar-refractivity contribution in [1.82, 2.24) is 4.98 Å². The van der Waals surface area contributed by atoms with Gasteiger partial charge in [0.1, 0.15) is 12.0 Å². The molecule has 0 saturated heterocycles. The van der Waals surface area contributed by atoms with E-state index in [0.29, 0.717) is 18.0 Å². The van der Waals surface area contributed by atoms with Gasteiger partial charge in [0.2, 0.25) is 0 Å². The summed E-state index contributed by atoms with van der Waals surface area (Å²) < 4.78 is 5.28. The Hall–Kier alpha value is -4.65. The number of aldehydes is 1. The molecule has 7 heteroatoms. The van der Waals surface area contributed by atoms with Crippen LogP contribution >= 0.6 is 0 Å². The number of ether oxygens (including phenoxy) is 1. The van der Waals surface area contributed by atoms with Crippen molar-refractivity contribution in [2.24, 2.45) is 10.7 Å². The van der Waals surface area contributed by atoms with Crippen molar-refractivity contribution in [2.75, 3.05) is 24.8 Å². The Balaban J connectivity index is 0.000000320. The lowest BCUT2D eigenvalue weighted by Crippen LogP contribution is -2.22. The number of aliphatic imine (C=N–C) groups is 1. The molecule has 0 spiro atoms. The van der Waals surface area contributed by atoms with Crippen LogP contribution in [0.15, 0.2) is 102 Å². The Bertz CT molecular complexity index is 1220. The van der Waals surface area contributed by atoms with Crippen molar-refractivity contribution < 1.29 is 9.53 Å². The zero-order valence-electron chi connectivity index (χ0n) is 19.8. The molecule has 0 aliphatic rings. The van der Waals surface area contributed by atoms with Crippen molar-refractivity contribution in [3.63, 3.8) is 0 Å². The Morgan fingerprint density at radius 2 is 1.63 bits per heavy atom. The average molecular weight is 468 g/mol. The fourth-order valence-electron chi connectivity index (χ4n) is 3.20. The minimum Gasteiger partial charge on any atom is -0.495 e. The number of carbonyl (C=O) groups is 1. The molecule has 0 fully saturated rings. The predicted octanol–water partition coefficient (Wildman–Crippen LogP) is 5.29. The number of anilines is 2. The van der Waals surface area contributed by atoms with Gasteiger partial charge < -0.3 is 25.9 Å². The summed E-state index contributed by atoms with van der Waals surface area (Å²) in [5.41, 5.74) is 11.0. The van der Waals surface area contributed by atoms with E-state index in [2.05, 4.69) is 20.6 Å². The van der Waals surface area contributed by atoms with Crippen molar-refractivity contribution in [2.45, 2.75) is 6.42 Å². The van der Waals surface area contributed by atoms with E-state index < -0.39 is 0 Å². The monoisotopic (exact) mass is 467 g/mol. The molecule has 0 aliphatic heterocycles. The third-order valence-electron chi connectivity index (χ3n) is 5.02. The number of benzene rings is 3. The van der Waals surface area contributed by atoms with Crippen LogP contribution in [0.5, 0.6) is 5.75 Å². The largest absolute Gasteiger partial charge is 0.495 e. The lowest BCUT2D eigenvalue weighted by Gasteiger charge is -2.10. The summed E-state index contributed by atoms with van der Waals surface area (Å²) >= 11 is 0. The first-order chi connectivity index (χ1) is 17.1. The number of hydrogen-bond donors (Lipinski definition) is 3. The maximum absolute atomic E-state index is 9.97. The molecule has 4 N–H and O–H groups in total. The van der Waals surface area contributed by atoms with Crippen LogP contribution in [0.4, 0.5) is 17.2 Å². The smallest absolute Gasteiger partial charge is 0.199 e. The molecule has 0 saturated carbocycles. The van der Waals surface area contributed by atoms with Gasteiger partial charge in [-0.1, -0.05) is 54.6 Å². The summed E-state index contributed by atoms with van der Waals surface area (Å²) in [4.78, 5) is 18.6. The van der Waals surface area contributed by atoms with Crippen molar-refractivity contribution in [3.05, 3.63) is 103 Å². The Kier molecular flexibility index (Phi) is 9.39. The number of guanidine groups is 1. The van der Waals surface area contributed by atoms with Gasteiger partial charge in [0, 0.05) is 30.9 Å². The minimum absolute atomic E-state index is 0.244. The van der Waals surface area contributed by atoms with Gasteiger partial charge >= 0.3 is 0 Å². The zero-order chi connectivity index (χ0) is 24.9. The van der Waals surface area contributed by atoms with Gasteiger partial charge in [-0.25, -0.2) is 4.98 Å². The number of aromatic nitrogens is 1. The molecule has 1 aromatic heterocycles. The number of hydrogen-bond acceptors (Lipinski definition) is 5. The van der Waals surface area contributed by atoms with E-state index in [9.17, 15) is 4.79 Å². The highest BCUT2D eigenvalue weighted by atomic mass is 16.5. The van der Waals surface area contributed by atoms with E-state index in [1.54, 1.807) is 13.3 Å². The molecule has 178 valence electrons. The highest BCUT2D eigenvalue weighted by Crippen LogP contribution is 2.24. The molecule has 0 radical (unpaired) electrons. The van der Waals surface area contributed by atoms with Gasteiger partial charge in [-0.15, -0.1) is 0 Å². The standard InChI is InChI=1S/C20H21N5O.C8H8O/c1-22-16-10-7-14(8-11-16)15-9-12-19(23-13-15)25-20(21)24-17-5-3-4-6-18(17)26-2;9-7-6-8-4-2-1-3-5-8/h3-13,22H,1-2H3,(H3,21,23,24,25);1-5,7H,6H2. The summed E-state index contributed by atoms with van der Waals surface area (Å²) in [6.07, 6.45) is 3.22. The lowest BCUT2D eigenvalue weighted by molar-refractivity contribution is -0.107. The summed E-state index contributed by atoms with van der Waals surface area (Å²) in [5.74, 6) is 1.47. The minimum atomic E-state index is 0.244. The van der Waals surface area contributed by atoms with E-state index in [-0.39, 0.29) is 5.96 Å². The Morgan fingerprint density at radius 3 is 2.26 bits per heavy atom. The molecular weight excluding hydrogens is 438 g/mol. The first-order valence-electron chi connectivity index (χ1n) is 11.1. The maximum Gasteiger partial charge on any atom is 0.199 e. The van der Waals surface area contributed by atoms with Crippen LogP contribution in [-0.4, -0.2) is 31.4 Å². The molecular formula is C28H29N5O2. The van der Waals surface area contributed by atoms with Crippen LogP contribution < -0.4 is 21.1 Å². The summed E-state index contributed by atoms with van der Waals surface area (Å²) in [6.45, 7) is 0. The maximum atomic E-state index is 9.97. The average Bonchev–Trinajstić information content (AvgIpc) is 2.91. The SMILES string of the molecule is CNc1ccc(-c2ccc(N=C(N)Nc3ccccc3OC)nc2)cc1.O=CCc1ccccc1. The van der Waals surface area contributed by atoms with Gasteiger partial charge in [0.05, 0.1) is 12.8 Å². The quantitative estimate of drug-likeness (QED) is 0.194. The number of nitrogens with zero attached hydrogens (tertiary/aromatic N) is 2. The first kappa shape index (κ1) is 25.0. The van der Waals surface area contributed by atoms with Crippen molar-refractivity contribution >= 4 is 29.4 Å². The molecule has 0 aliphatic carbocycles. The second-order valence-corrected chi connectivity index (χ2v) is 7.41. The predicted molar refractivity (Wildman–Crippen MR) is 143 cm³/mol. The number of pyridine rings is 1. The van der Waals surface area contributed by atoms with Crippen LogP contribution in [0.1, 0.15) is 5.56 Å². The number of para-hydroxylation sites is 2. The van der Waals surface area contributed by atoms with Crippen molar-refractivity contribution in [1.29, 1.82) is 0 Å². The van der Waals surface area contributed by atoms with Gasteiger partial charge in [-0.2, -0.15) is 4.99 Å². The number of nitrogens with two attached hydrogens (primary N) is 1. The van der Waals surface area contributed by atoms with Gasteiger partial charge in [-0.05, 0) is 47.5 Å². The molecule has 3 aromatic carbocycles. The van der Waals surface area contributed by atoms with Crippen LogP contribution in [-0.2, 0) is 11.2 Å². The van der Waals surface area contributed by atoms with E-state index in [1.165, 1.54) is 0 Å².